The monoisotopic (exact) mass is 304 g/mol. The number of halogens is 1. The molecule has 1 N–H and O–H groups in total. The molecular weight excluding hydrogens is 291 g/mol. The molecule has 3 rings (SSSR count). The summed E-state index contributed by atoms with van der Waals surface area (Å²) in [6.45, 7) is 0. The molecule has 0 bridgehead atoms. The van der Waals surface area contributed by atoms with Gasteiger partial charge in [-0.25, -0.2) is 9.18 Å². The van der Waals surface area contributed by atoms with E-state index in [0.29, 0.717) is 18.4 Å². The SMILES string of the molecule is COC(=O)c1cc(C(=O)NC2(c3cccc(F)c3)CC2)no1. The normalized spacial score (nSPS) is 15.2. The molecule has 114 valence electrons. The molecule has 1 saturated carbocycles. The van der Waals surface area contributed by atoms with Crippen LogP contribution in [-0.2, 0) is 10.3 Å². The quantitative estimate of drug-likeness (QED) is 0.874. The van der Waals surface area contributed by atoms with E-state index in [1.165, 1.54) is 25.3 Å². The third-order valence-electron chi connectivity index (χ3n) is 3.61. The summed E-state index contributed by atoms with van der Waals surface area (Å²) in [5.74, 6) is -1.70. The Balaban J connectivity index is 1.77. The van der Waals surface area contributed by atoms with Crippen molar-refractivity contribution in [2.24, 2.45) is 0 Å². The predicted molar refractivity (Wildman–Crippen MR) is 72.6 cm³/mol. The molecule has 2 aromatic rings. The zero-order valence-electron chi connectivity index (χ0n) is 11.8. The fourth-order valence-electron chi connectivity index (χ4n) is 2.26. The van der Waals surface area contributed by atoms with Crippen LogP contribution in [0.25, 0.3) is 0 Å². The highest BCUT2D eigenvalue weighted by atomic mass is 19.1. The molecule has 1 aromatic heterocycles. The van der Waals surface area contributed by atoms with Crippen molar-refractivity contribution in [2.75, 3.05) is 7.11 Å². The van der Waals surface area contributed by atoms with Crippen LogP contribution in [0.2, 0.25) is 0 Å². The van der Waals surface area contributed by atoms with Crippen molar-refractivity contribution < 1.29 is 23.2 Å². The number of methoxy groups -OCH3 is 1. The number of carbonyl (C=O) groups excluding carboxylic acids is 2. The summed E-state index contributed by atoms with van der Waals surface area (Å²) in [5.41, 5.74) is 0.101. The van der Waals surface area contributed by atoms with Gasteiger partial charge in [-0.05, 0) is 30.5 Å². The van der Waals surface area contributed by atoms with Gasteiger partial charge in [-0.3, -0.25) is 4.79 Å². The second-order valence-corrected chi connectivity index (χ2v) is 5.11. The lowest BCUT2D eigenvalue weighted by Crippen LogP contribution is -2.35. The molecule has 0 spiro atoms. The molecule has 0 saturated heterocycles. The van der Waals surface area contributed by atoms with Crippen LogP contribution in [0, 0.1) is 5.82 Å². The van der Waals surface area contributed by atoms with Gasteiger partial charge in [0.25, 0.3) is 5.91 Å². The van der Waals surface area contributed by atoms with E-state index in [9.17, 15) is 14.0 Å². The molecule has 0 atom stereocenters. The highest BCUT2D eigenvalue weighted by Gasteiger charge is 2.46. The molecule has 1 fully saturated rings. The molecule has 1 heterocycles. The van der Waals surface area contributed by atoms with Crippen LogP contribution < -0.4 is 5.32 Å². The number of amides is 1. The number of nitrogens with one attached hydrogen (secondary N) is 1. The lowest BCUT2D eigenvalue weighted by atomic mass is 10.0. The molecule has 1 aliphatic rings. The summed E-state index contributed by atoms with van der Waals surface area (Å²) in [4.78, 5) is 23.5. The summed E-state index contributed by atoms with van der Waals surface area (Å²) in [6.07, 6.45) is 1.42. The zero-order valence-corrected chi connectivity index (χ0v) is 11.8. The number of carbonyl (C=O) groups is 2. The van der Waals surface area contributed by atoms with Crippen molar-refractivity contribution in [1.29, 1.82) is 0 Å². The van der Waals surface area contributed by atoms with E-state index in [0.717, 1.165) is 0 Å². The number of benzene rings is 1. The Kier molecular flexibility index (Phi) is 3.40. The average Bonchev–Trinajstić information content (AvgIpc) is 3.12. The smallest absolute Gasteiger partial charge is 0.376 e. The Hall–Kier alpha value is -2.70. The Labute approximate surface area is 125 Å². The summed E-state index contributed by atoms with van der Waals surface area (Å²) in [5, 5.41) is 6.36. The van der Waals surface area contributed by atoms with E-state index in [4.69, 9.17) is 4.52 Å². The fourth-order valence-corrected chi connectivity index (χ4v) is 2.26. The second kappa shape index (κ2) is 5.25. The van der Waals surface area contributed by atoms with Gasteiger partial charge in [-0.1, -0.05) is 17.3 Å². The van der Waals surface area contributed by atoms with E-state index in [-0.39, 0.29) is 17.3 Å². The summed E-state index contributed by atoms with van der Waals surface area (Å²) in [6, 6.07) is 7.32. The Morgan fingerprint density at radius 3 is 2.77 bits per heavy atom. The topological polar surface area (TPSA) is 81.4 Å². The number of rotatable bonds is 4. The third-order valence-corrected chi connectivity index (χ3v) is 3.61. The summed E-state index contributed by atoms with van der Waals surface area (Å²) < 4.78 is 22.6. The van der Waals surface area contributed by atoms with Crippen LogP contribution >= 0.6 is 0 Å². The first-order valence-corrected chi connectivity index (χ1v) is 6.68. The van der Waals surface area contributed by atoms with E-state index >= 15 is 0 Å². The lowest BCUT2D eigenvalue weighted by molar-refractivity contribution is 0.0554. The third kappa shape index (κ3) is 2.57. The van der Waals surface area contributed by atoms with Crippen molar-refractivity contribution in [2.45, 2.75) is 18.4 Å². The van der Waals surface area contributed by atoms with E-state index in [2.05, 4.69) is 15.2 Å². The Morgan fingerprint density at radius 1 is 1.36 bits per heavy atom. The minimum atomic E-state index is -0.710. The van der Waals surface area contributed by atoms with Gasteiger partial charge in [0.1, 0.15) is 5.82 Å². The standard InChI is InChI=1S/C15H13FN2O4/c1-21-14(20)12-8-11(18-22-12)13(19)17-15(5-6-15)9-3-2-4-10(16)7-9/h2-4,7-8H,5-6H2,1H3,(H,17,19). The maximum atomic E-state index is 13.3. The predicted octanol–water partition coefficient (Wildman–Crippen LogP) is 2.02. The highest BCUT2D eigenvalue weighted by Crippen LogP contribution is 2.45. The molecule has 7 heteroatoms. The lowest BCUT2D eigenvalue weighted by Gasteiger charge is -2.17. The summed E-state index contributed by atoms with van der Waals surface area (Å²) >= 11 is 0. The Bertz CT molecular complexity index is 737. The first-order valence-electron chi connectivity index (χ1n) is 6.68. The van der Waals surface area contributed by atoms with Crippen molar-refractivity contribution in [3.63, 3.8) is 0 Å². The van der Waals surface area contributed by atoms with Gasteiger partial charge in [0.2, 0.25) is 5.76 Å². The number of aromatic nitrogens is 1. The minimum Gasteiger partial charge on any atom is -0.463 e. The van der Waals surface area contributed by atoms with Crippen molar-refractivity contribution in [1.82, 2.24) is 10.5 Å². The van der Waals surface area contributed by atoms with Gasteiger partial charge in [0, 0.05) is 6.07 Å². The second-order valence-electron chi connectivity index (χ2n) is 5.11. The molecule has 1 aliphatic carbocycles. The van der Waals surface area contributed by atoms with Crippen LogP contribution in [0.4, 0.5) is 4.39 Å². The molecule has 22 heavy (non-hydrogen) atoms. The molecule has 0 unspecified atom stereocenters. The van der Waals surface area contributed by atoms with Crippen LogP contribution in [0.15, 0.2) is 34.9 Å². The van der Waals surface area contributed by atoms with Crippen molar-refractivity contribution in [3.05, 3.63) is 53.2 Å². The first kappa shape index (κ1) is 14.2. The maximum absolute atomic E-state index is 13.3. The van der Waals surface area contributed by atoms with Gasteiger partial charge < -0.3 is 14.6 Å². The molecule has 6 nitrogen and oxygen atoms in total. The van der Waals surface area contributed by atoms with Crippen LogP contribution in [0.3, 0.4) is 0 Å². The molecule has 1 amide bonds. The van der Waals surface area contributed by atoms with Crippen molar-refractivity contribution >= 4 is 11.9 Å². The number of ether oxygens (including phenoxy) is 1. The molecule has 0 aliphatic heterocycles. The maximum Gasteiger partial charge on any atom is 0.376 e. The van der Waals surface area contributed by atoms with Gasteiger partial charge in [0.15, 0.2) is 5.69 Å². The van der Waals surface area contributed by atoms with E-state index < -0.39 is 17.4 Å². The van der Waals surface area contributed by atoms with Crippen LogP contribution in [0.1, 0.15) is 39.4 Å². The highest BCUT2D eigenvalue weighted by molar-refractivity contribution is 5.95. The van der Waals surface area contributed by atoms with Crippen molar-refractivity contribution in [3.8, 4) is 0 Å². The van der Waals surface area contributed by atoms with Crippen LogP contribution in [-0.4, -0.2) is 24.1 Å². The number of nitrogens with zero attached hydrogens (tertiary/aromatic N) is 1. The zero-order chi connectivity index (χ0) is 15.7. The average molecular weight is 304 g/mol. The van der Waals surface area contributed by atoms with Crippen LogP contribution in [0.5, 0.6) is 0 Å². The minimum absolute atomic E-state index is 0.0249. The van der Waals surface area contributed by atoms with Gasteiger partial charge in [-0.15, -0.1) is 0 Å². The van der Waals surface area contributed by atoms with Gasteiger partial charge in [-0.2, -0.15) is 0 Å². The van der Waals surface area contributed by atoms with E-state index in [1.54, 1.807) is 12.1 Å². The number of hydrogen-bond acceptors (Lipinski definition) is 5. The largest absolute Gasteiger partial charge is 0.463 e. The summed E-state index contributed by atoms with van der Waals surface area (Å²) in [7, 11) is 1.20. The molecule has 1 aromatic carbocycles. The molecule has 0 radical (unpaired) electrons. The first-order chi connectivity index (χ1) is 10.5. The number of esters is 1. The Morgan fingerprint density at radius 2 is 2.14 bits per heavy atom. The fraction of sp³-hybridized carbons (Fsp3) is 0.267. The number of hydrogen-bond donors (Lipinski definition) is 1. The van der Waals surface area contributed by atoms with Gasteiger partial charge >= 0.3 is 5.97 Å². The molecular formula is C15H13FN2O4. The van der Waals surface area contributed by atoms with E-state index in [1.807, 2.05) is 0 Å². The van der Waals surface area contributed by atoms with Gasteiger partial charge in [0.05, 0.1) is 12.6 Å².